The SMILES string of the molecule is Nc1cnn(CC(=O)NCC(C2CC2)C2CC2)c1. The first-order valence-electron chi connectivity index (χ1n) is 6.77. The first kappa shape index (κ1) is 11.6. The summed E-state index contributed by atoms with van der Waals surface area (Å²) in [4.78, 5) is 11.8. The van der Waals surface area contributed by atoms with Gasteiger partial charge in [0.2, 0.25) is 5.91 Å². The summed E-state index contributed by atoms with van der Waals surface area (Å²) in [5.74, 6) is 2.50. The van der Waals surface area contributed by atoms with Crippen LogP contribution in [0, 0.1) is 17.8 Å². The Morgan fingerprint density at radius 3 is 2.61 bits per heavy atom. The lowest BCUT2D eigenvalue weighted by Gasteiger charge is -2.16. The van der Waals surface area contributed by atoms with Crippen LogP contribution < -0.4 is 11.1 Å². The van der Waals surface area contributed by atoms with Gasteiger partial charge >= 0.3 is 0 Å². The highest BCUT2D eigenvalue weighted by atomic mass is 16.2. The van der Waals surface area contributed by atoms with Crippen molar-refractivity contribution in [1.29, 1.82) is 0 Å². The topological polar surface area (TPSA) is 72.9 Å². The fourth-order valence-corrected chi connectivity index (χ4v) is 2.67. The molecule has 3 rings (SSSR count). The number of aromatic nitrogens is 2. The average molecular weight is 248 g/mol. The molecule has 1 amide bonds. The van der Waals surface area contributed by atoms with Gasteiger partial charge in [0.1, 0.15) is 6.54 Å². The molecule has 2 saturated carbocycles. The van der Waals surface area contributed by atoms with Crippen LogP contribution in [-0.4, -0.2) is 22.2 Å². The highest BCUT2D eigenvalue weighted by Gasteiger charge is 2.41. The monoisotopic (exact) mass is 248 g/mol. The number of nitrogens with two attached hydrogens (primary N) is 1. The van der Waals surface area contributed by atoms with Crippen molar-refractivity contribution >= 4 is 11.6 Å². The Morgan fingerprint density at radius 1 is 1.44 bits per heavy atom. The number of nitrogens with one attached hydrogen (secondary N) is 1. The lowest BCUT2D eigenvalue weighted by Crippen LogP contribution is -2.33. The van der Waals surface area contributed by atoms with Gasteiger partial charge in [-0.25, -0.2) is 0 Å². The minimum Gasteiger partial charge on any atom is -0.396 e. The molecule has 2 fully saturated rings. The van der Waals surface area contributed by atoms with Crippen molar-refractivity contribution in [2.24, 2.45) is 17.8 Å². The van der Waals surface area contributed by atoms with E-state index in [9.17, 15) is 4.79 Å². The molecule has 5 nitrogen and oxygen atoms in total. The molecule has 2 aliphatic rings. The van der Waals surface area contributed by atoms with Crippen LogP contribution in [-0.2, 0) is 11.3 Å². The summed E-state index contributed by atoms with van der Waals surface area (Å²) in [6, 6.07) is 0. The Bertz CT molecular complexity index is 422. The van der Waals surface area contributed by atoms with Gasteiger partial charge in [0.05, 0.1) is 11.9 Å². The summed E-state index contributed by atoms with van der Waals surface area (Å²) in [5, 5.41) is 7.05. The number of carbonyl (C=O) groups is 1. The van der Waals surface area contributed by atoms with Crippen molar-refractivity contribution in [1.82, 2.24) is 15.1 Å². The lowest BCUT2D eigenvalue weighted by molar-refractivity contribution is -0.122. The van der Waals surface area contributed by atoms with Crippen LogP contribution in [0.15, 0.2) is 12.4 Å². The van der Waals surface area contributed by atoms with Crippen LogP contribution in [0.1, 0.15) is 25.7 Å². The molecule has 0 radical (unpaired) electrons. The molecule has 0 aliphatic heterocycles. The molecular weight excluding hydrogens is 228 g/mol. The van der Waals surface area contributed by atoms with E-state index in [4.69, 9.17) is 5.73 Å². The molecule has 2 aliphatic carbocycles. The van der Waals surface area contributed by atoms with Crippen molar-refractivity contribution in [3.05, 3.63) is 12.4 Å². The minimum atomic E-state index is 0.0319. The number of rotatable bonds is 6. The molecule has 1 heterocycles. The van der Waals surface area contributed by atoms with Gasteiger partial charge in [-0.2, -0.15) is 5.10 Å². The Labute approximate surface area is 107 Å². The summed E-state index contributed by atoms with van der Waals surface area (Å²) in [6.45, 7) is 1.10. The van der Waals surface area contributed by atoms with Gasteiger partial charge in [-0.05, 0) is 43.4 Å². The van der Waals surface area contributed by atoms with E-state index in [2.05, 4.69) is 10.4 Å². The number of anilines is 1. The average Bonchev–Trinajstić information content (AvgIpc) is 3.21. The summed E-state index contributed by atoms with van der Waals surface area (Å²) in [5.41, 5.74) is 6.15. The largest absolute Gasteiger partial charge is 0.396 e. The zero-order valence-electron chi connectivity index (χ0n) is 10.5. The molecule has 0 bridgehead atoms. The predicted molar refractivity (Wildman–Crippen MR) is 68.6 cm³/mol. The van der Waals surface area contributed by atoms with Gasteiger partial charge in [-0.15, -0.1) is 0 Å². The van der Waals surface area contributed by atoms with Gasteiger partial charge in [0.15, 0.2) is 0 Å². The Hall–Kier alpha value is -1.52. The van der Waals surface area contributed by atoms with E-state index in [0.717, 1.165) is 24.3 Å². The number of carbonyl (C=O) groups excluding carboxylic acids is 1. The number of hydrogen-bond donors (Lipinski definition) is 2. The number of hydrogen-bond acceptors (Lipinski definition) is 3. The van der Waals surface area contributed by atoms with Crippen molar-refractivity contribution in [3.8, 4) is 0 Å². The Morgan fingerprint density at radius 2 is 2.11 bits per heavy atom. The molecule has 18 heavy (non-hydrogen) atoms. The number of amides is 1. The molecule has 3 N–H and O–H groups in total. The molecule has 0 spiro atoms. The fraction of sp³-hybridized carbons (Fsp3) is 0.692. The third-order valence-electron chi connectivity index (χ3n) is 3.95. The molecule has 0 aromatic carbocycles. The second kappa shape index (κ2) is 4.63. The van der Waals surface area contributed by atoms with Gasteiger partial charge in [-0.3, -0.25) is 9.48 Å². The van der Waals surface area contributed by atoms with Crippen molar-refractivity contribution in [2.45, 2.75) is 32.2 Å². The van der Waals surface area contributed by atoms with Gasteiger partial charge in [-0.1, -0.05) is 0 Å². The number of nitrogen functional groups attached to an aromatic ring is 1. The maximum absolute atomic E-state index is 11.8. The van der Waals surface area contributed by atoms with Gasteiger partial charge < -0.3 is 11.1 Å². The predicted octanol–water partition coefficient (Wildman–Crippen LogP) is 1.02. The highest BCUT2D eigenvalue weighted by molar-refractivity contribution is 5.75. The van der Waals surface area contributed by atoms with Crippen LogP contribution in [0.4, 0.5) is 5.69 Å². The molecule has 0 atom stereocenters. The Balaban J connectivity index is 1.45. The van der Waals surface area contributed by atoms with E-state index in [1.807, 2.05) is 0 Å². The smallest absolute Gasteiger partial charge is 0.241 e. The number of nitrogens with zero attached hydrogens (tertiary/aromatic N) is 2. The molecule has 0 saturated heterocycles. The summed E-state index contributed by atoms with van der Waals surface area (Å²) >= 11 is 0. The maximum Gasteiger partial charge on any atom is 0.241 e. The standard InChI is InChI=1S/C13H20N4O/c14-11-5-16-17(7-11)8-13(18)15-6-12(9-1-2-9)10-3-4-10/h5,7,9-10,12H,1-4,6,8,14H2,(H,15,18). The summed E-state index contributed by atoms with van der Waals surface area (Å²) in [6.07, 6.45) is 8.65. The fourth-order valence-electron chi connectivity index (χ4n) is 2.67. The Kier molecular flexibility index (Phi) is 2.97. The van der Waals surface area contributed by atoms with Crippen molar-refractivity contribution < 1.29 is 4.79 Å². The van der Waals surface area contributed by atoms with Crippen LogP contribution in [0.5, 0.6) is 0 Å². The molecular formula is C13H20N4O. The van der Waals surface area contributed by atoms with Crippen molar-refractivity contribution in [2.75, 3.05) is 12.3 Å². The van der Waals surface area contributed by atoms with E-state index in [0.29, 0.717) is 5.69 Å². The van der Waals surface area contributed by atoms with Crippen molar-refractivity contribution in [3.63, 3.8) is 0 Å². The first-order chi connectivity index (χ1) is 8.72. The van der Waals surface area contributed by atoms with Crippen LogP contribution in [0.3, 0.4) is 0 Å². The van der Waals surface area contributed by atoms with E-state index in [-0.39, 0.29) is 12.5 Å². The maximum atomic E-state index is 11.8. The zero-order valence-corrected chi connectivity index (χ0v) is 10.5. The van der Waals surface area contributed by atoms with Crippen LogP contribution in [0.25, 0.3) is 0 Å². The molecule has 1 aromatic heterocycles. The third kappa shape index (κ3) is 2.83. The van der Waals surface area contributed by atoms with E-state index < -0.39 is 0 Å². The molecule has 5 heteroatoms. The lowest BCUT2D eigenvalue weighted by atomic mass is 9.98. The second-order valence-corrected chi connectivity index (χ2v) is 5.61. The van der Waals surface area contributed by atoms with Gasteiger partial charge in [0, 0.05) is 12.7 Å². The zero-order chi connectivity index (χ0) is 12.5. The van der Waals surface area contributed by atoms with E-state index in [1.54, 1.807) is 17.1 Å². The summed E-state index contributed by atoms with van der Waals surface area (Å²) < 4.78 is 1.58. The third-order valence-corrected chi connectivity index (χ3v) is 3.95. The first-order valence-corrected chi connectivity index (χ1v) is 6.77. The van der Waals surface area contributed by atoms with Crippen LogP contribution in [0.2, 0.25) is 0 Å². The molecule has 1 aromatic rings. The molecule has 98 valence electrons. The normalized spacial score (nSPS) is 19.2. The minimum absolute atomic E-state index is 0.0319. The van der Waals surface area contributed by atoms with Crippen LogP contribution >= 0.6 is 0 Å². The van der Waals surface area contributed by atoms with Gasteiger partial charge in [0.25, 0.3) is 0 Å². The highest BCUT2D eigenvalue weighted by Crippen LogP contribution is 2.48. The summed E-state index contributed by atoms with van der Waals surface area (Å²) in [7, 11) is 0. The molecule has 0 unspecified atom stereocenters. The second-order valence-electron chi connectivity index (χ2n) is 5.61. The van der Waals surface area contributed by atoms with E-state index >= 15 is 0 Å². The van der Waals surface area contributed by atoms with E-state index in [1.165, 1.54) is 25.7 Å². The quantitative estimate of drug-likeness (QED) is 0.789.